The number of methoxy groups -OCH3 is 1. The van der Waals surface area contributed by atoms with Crippen molar-refractivity contribution in [2.45, 2.75) is 106 Å². The summed E-state index contributed by atoms with van der Waals surface area (Å²) in [5, 5.41) is 6.65. The number of ether oxygens (including phenoxy) is 1. The van der Waals surface area contributed by atoms with Gasteiger partial charge in [-0.25, -0.2) is 4.79 Å². The molecule has 5 heteroatoms. The zero-order valence-corrected chi connectivity index (χ0v) is 30.7. The number of esters is 1. The van der Waals surface area contributed by atoms with Crippen LogP contribution in [0.3, 0.4) is 0 Å². The van der Waals surface area contributed by atoms with Gasteiger partial charge < -0.3 is 15.4 Å². The first-order chi connectivity index (χ1) is 22.2. The second-order valence-corrected chi connectivity index (χ2v) is 17.7. The number of nitrogens with one attached hydrogen (secondary N) is 2. The van der Waals surface area contributed by atoms with Gasteiger partial charge in [-0.1, -0.05) is 65.0 Å². The van der Waals surface area contributed by atoms with Crippen molar-refractivity contribution in [2.24, 2.45) is 56.7 Å². The lowest BCUT2D eigenvalue weighted by Crippen LogP contribution is -2.66. The molecule has 4 saturated carbocycles. The Hall–Kier alpha value is -2.40. The molecule has 5 aliphatic rings. The van der Waals surface area contributed by atoms with E-state index in [0.717, 1.165) is 51.6 Å². The molecule has 4 fully saturated rings. The molecule has 2 N–H and O–H groups in total. The van der Waals surface area contributed by atoms with Crippen LogP contribution >= 0.6 is 0 Å². The topological polar surface area (TPSA) is 67.4 Å². The summed E-state index contributed by atoms with van der Waals surface area (Å²) < 4.78 is 4.95. The van der Waals surface area contributed by atoms with Gasteiger partial charge in [0.15, 0.2) is 0 Å². The second-order valence-electron chi connectivity index (χ2n) is 17.7. The molecule has 0 saturated heterocycles. The molecular weight excluding hydrogens is 580 g/mol. The van der Waals surface area contributed by atoms with Crippen molar-refractivity contribution in [3.05, 3.63) is 53.6 Å². The lowest BCUT2D eigenvalue weighted by molar-refractivity contribution is -0.225. The van der Waals surface area contributed by atoms with E-state index in [2.05, 4.69) is 77.0 Å². The lowest BCUT2D eigenvalue weighted by Gasteiger charge is -2.72. The summed E-state index contributed by atoms with van der Waals surface area (Å²) in [5.74, 6) is 2.69. The molecule has 47 heavy (non-hydrogen) atoms. The third kappa shape index (κ3) is 5.02. The van der Waals surface area contributed by atoms with E-state index in [1.54, 1.807) is 0 Å². The number of fused-ring (bicyclic) bond motifs is 7. The number of hydrogen-bond acceptors (Lipinski definition) is 4. The van der Waals surface area contributed by atoms with Crippen LogP contribution in [-0.2, 0) is 9.53 Å². The minimum absolute atomic E-state index is 0.0302. The molecule has 0 unspecified atom stereocenters. The Morgan fingerprint density at radius 2 is 1.62 bits per heavy atom. The van der Waals surface area contributed by atoms with Crippen molar-refractivity contribution in [1.29, 1.82) is 0 Å². The Labute approximate surface area is 285 Å². The molecular formula is C42H62N2O3. The Balaban J connectivity index is 1.31. The van der Waals surface area contributed by atoms with E-state index in [9.17, 15) is 9.59 Å². The van der Waals surface area contributed by atoms with Gasteiger partial charge >= 0.3 is 5.97 Å². The molecule has 1 aromatic rings. The fourth-order valence-electron chi connectivity index (χ4n) is 13.2. The number of rotatable bonds is 8. The van der Waals surface area contributed by atoms with E-state index < -0.39 is 0 Å². The van der Waals surface area contributed by atoms with Crippen molar-refractivity contribution in [3.63, 3.8) is 0 Å². The summed E-state index contributed by atoms with van der Waals surface area (Å²) in [6.45, 7) is 21.4. The normalized spacial score (nSPS) is 40.2. The highest BCUT2D eigenvalue weighted by Crippen LogP contribution is 2.77. The summed E-state index contributed by atoms with van der Waals surface area (Å²) in [5.41, 5.74) is 5.01. The summed E-state index contributed by atoms with van der Waals surface area (Å²) in [7, 11) is 3.42. The van der Waals surface area contributed by atoms with Crippen LogP contribution in [0.2, 0.25) is 0 Å². The lowest BCUT2D eigenvalue weighted by atomic mass is 9.32. The fourth-order valence-corrected chi connectivity index (χ4v) is 13.2. The second kappa shape index (κ2) is 12.2. The summed E-state index contributed by atoms with van der Waals surface area (Å²) >= 11 is 0. The van der Waals surface area contributed by atoms with Gasteiger partial charge in [-0.2, -0.15) is 0 Å². The van der Waals surface area contributed by atoms with Crippen molar-refractivity contribution in [1.82, 2.24) is 10.6 Å². The van der Waals surface area contributed by atoms with Crippen LogP contribution in [0.25, 0.3) is 5.57 Å². The molecule has 0 spiro atoms. The molecule has 6 rings (SSSR count). The molecule has 9 atom stereocenters. The number of benzene rings is 1. The smallest absolute Gasteiger partial charge is 0.337 e. The quantitative estimate of drug-likeness (QED) is 0.169. The Morgan fingerprint density at radius 1 is 0.894 bits per heavy atom. The molecule has 5 aliphatic carbocycles. The van der Waals surface area contributed by atoms with Crippen LogP contribution in [0.5, 0.6) is 0 Å². The van der Waals surface area contributed by atoms with Gasteiger partial charge in [-0.05, 0) is 159 Å². The number of carbonyl (C=O) groups is 2. The number of carbonyl (C=O) groups excluding carboxylic acids is 2. The predicted molar refractivity (Wildman–Crippen MR) is 192 cm³/mol. The number of allylic oxidation sites excluding steroid dienone is 3. The van der Waals surface area contributed by atoms with Gasteiger partial charge in [0.2, 0.25) is 5.91 Å². The van der Waals surface area contributed by atoms with Crippen LogP contribution in [-0.4, -0.2) is 39.1 Å². The van der Waals surface area contributed by atoms with Crippen LogP contribution in [0.4, 0.5) is 0 Å². The summed E-state index contributed by atoms with van der Waals surface area (Å²) in [4.78, 5) is 26.3. The van der Waals surface area contributed by atoms with E-state index in [1.165, 1.54) is 49.5 Å². The zero-order valence-electron chi connectivity index (χ0n) is 30.7. The third-order valence-corrected chi connectivity index (χ3v) is 15.6. The van der Waals surface area contributed by atoms with E-state index in [0.29, 0.717) is 41.1 Å². The predicted octanol–water partition coefficient (Wildman–Crippen LogP) is 8.85. The molecule has 5 nitrogen and oxygen atoms in total. The standard InChI is InChI=1S/C42H62N2O3/c1-27(2)30-17-22-42(37(46)44-26-10-25-43-8)24-23-40(6)32(35(30)42)15-16-34-39(5)20-18-31(28-11-13-29(14-12-28)36(45)47-9)38(3,4)33(39)19-21-41(34,40)7/h11-14,18,30,32-35,43H,1,10,15-17,19-26H2,2-9H3,(H,44,46)/t30-,32+,33-,34+,35+,39-,40+,41+,42-/m0/s1. The van der Waals surface area contributed by atoms with Crippen molar-refractivity contribution >= 4 is 17.4 Å². The van der Waals surface area contributed by atoms with Gasteiger partial charge in [-0.15, -0.1) is 0 Å². The van der Waals surface area contributed by atoms with Crippen LogP contribution in [0, 0.1) is 56.7 Å². The fraction of sp³-hybridized carbons (Fsp3) is 0.714. The Morgan fingerprint density at radius 3 is 2.28 bits per heavy atom. The highest BCUT2D eigenvalue weighted by Gasteiger charge is 2.71. The van der Waals surface area contributed by atoms with Crippen LogP contribution < -0.4 is 10.6 Å². The molecule has 1 amide bonds. The minimum Gasteiger partial charge on any atom is -0.465 e. The average Bonchev–Trinajstić information content (AvgIpc) is 3.44. The van der Waals surface area contributed by atoms with Gasteiger partial charge in [0.1, 0.15) is 0 Å². The Kier molecular flexibility index (Phi) is 8.93. The zero-order chi connectivity index (χ0) is 34.0. The highest BCUT2D eigenvalue weighted by atomic mass is 16.5. The maximum atomic E-state index is 14.2. The molecule has 0 heterocycles. The first kappa shape index (κ1) is 34.5. The van der Waals surface area contributed by atoms with Crippen molar-refractivity contribution < 1.29 is 14.3 Å². The molecule has 258 valence electrons. The number of amides is 1. The van der Waals surface area contributed by atoms with E-state index in [4.69, 9.17) is 4.74 Å². The molecule has 0 radical (unpaired) electrons. The van der Waals surface area contributed by atoms with Crippen LogP contribution in [0.1, 0.15) is 122 Å². The molecule has 1 aromatic carbocycles. The van der Waals surface area contributed by atoms with Gasteiger partial charge in [0.25, 0.3) is 0 Å². The SMILES string of the molecule is C=C(C)[C@@H]1CC[C@]2(C(=O)NCCCNC)CC[C@]3(C)[C@H](CC[C@@H]4[C@@]5(C)CC=C(c6ccc(C(=O)OC)cc6)C(C)(C)[C@@H]5CC[C@]43C)[C@@H]12. The van der Waals surface area contributed by atoms with E-state index in [-0.39, 0.29) is 33.0 Å². The largest absolute Gasteiger partial charge is 0.465 e. The maximum Gasteiger partial charge on any atom is 0.337 e. The van der Waals surface area contributed by atoms with Crippen LogP contribution in [0.15, 0.2) is 42.5 Å². The van der Waals surface area contributed by atoms with E-state index in [1.807, 2.05) is 19.2 Å². The van der Waals surface area contributed by atoms with Crippen molar-refractivity contribution in [3.8, 4) is 0 Å². The number of hydrogen-bond donors (Lipinski definition) is 2. The molecule has 0 aromatic heterocycles. The first-order valence-electron chi connectivity index (χ1n) is 18.7. The Bertz CT molecular complexity index is 1430. The highest BCUT2D eigenvalue weighted by molar-refractivity contribution is 5.90. The maximum absolute atomic E-state index is 14.2. The summed E-state index contributed by atoms with van der Waals surface area (Å²) in [6.07, 6.45) is 13.9. The van der Waals surface area contributed by atoms with Gasteiger partial charge in [0, 0.05) is 6.54 Å². The average molecular weight is 643 g/mol. The minimum atomic E-state index is -0.283. The summed E-state index contributed by atoms with van der Waals surface area (Å²) in [6, 6.07) is 8.07. The third-order valence-electron chi connectivity index (χ3n) is 15.6. The molecule has 0 bridgehead atoms. The molecule has 0 aliphatic heterocycles. The van der Waals surface area contributed by atoms with E-state index >= 15 is 0 Å². The first-order valence-corrected chi connectivity index (χ1v) is 18.7. The van der Waals surface area contributed by atoms with Gasteiger partial charge in [-0.3, -0.25) is 4.79 Å². The van der Waals surface area contributed by atoms with Crippen molar-refractivity contribution in [2.75, 3.05) is 27.2 Å². The van der Waals surface area contributed by atoms with Gasteiger partial charge in [0.05, 0.1) is 18.1 Å². The monoisotopic (exact) mass is 642 g/mol.